The first-order chi connectivity index (χ1) is 7.22. The quantitative estimate of drug-likeness (QED) is 0.535. The summed E-state index contributed by atoms with van der Waals surface area (Å²) < 4.78 is 0. The van der Waals surface area contributed by atoms with Gasteiger partial charge < -0.3 is 10.8 Å². The third-order valence-electron chi connectivity index (χ3n) is 2.28. The molecule has 0 saturated carbocycles. The average molecular weight is 210 g/mol. The molecule has 1 aliphatic rings. The average Bonchev–Trinajstić information content (AvgIpc) is 2.57. The first-order valence-corrected chi connectivity index (χ1v) is 4.72. The van der Waals surface area contributed by atoms with Crippen molar-refractivity contribution in [3.8, 4) is 0 Å². The number of nitrogens with two attached hydrogens (primary N) is 1. The Morgan fingerprint density at radius 1 is 1.33 bits per heavy atom. The molecule has 1 aliphatic heterocycles. The van der Waals surface area contributed by atoms with Crippen molar-refractivity contribution in [1.29, 1.82) is 0 Å². The van der Waals surface area contributed by atoms with Gasteiger partial charge in [0.1, 0.15) is 5.69 Å². The van der Waals surface area contributed by atoms with Crippen LogP contribution in [0.25, 0.3) is 0 Å². The van der Waals surface area contributed by atoms with Crippen LogP contribution in [0, 0.1) is 0 Å². The fourth-order valence-corrected chi connectivity index (χ4v) is 1.52. The van der Waals surface area contributed by atoms with Crippen molar-refractivity contribution in [3.05, 3.63) is 24.3 Å². The molecule has 0 spiro atoms. The Balaban J connectivity index is 2.17. The van der Waals surface area contributed by atoms with Crippen molar-refractivity contribution in [1.82, 2.24) is 5.53 Å². The number of nitrogens with zero attached hydrogens (tertiary/aromatic N) is 2. The fraction of sp³-hybridized carbons (Fsp3) is 0.333. The Labute approximate surface area is 87.4 Å². The minimum absolute atomic E-state index is 0.186. The van der Waals surface area contributed by atoms with E-state index in [0.29, 0.717) is 12.2 Å². The van der Waals surface area contributed by atoms with Crippen molar-refractivity contribution >= 4 is 11.4 Å². The van der Waals surface area contributed by atoms with Gasteiger partial charge in [-0.1, -0.05) is 12.1 Å². The van der Waals surface area contributed by atoms with E-state index in [1.807, 2.05) is 18.2 Å². The lowest BCUT2D eigenvalue weighted by atomic mass is 10.2. The van der Waals surface area contributed by atoms with E-state index in [2.05, 4.69) is 5.53 Å². The third-order valence-corrected chi connectivity index (χ3v) is 2.28. The zero-order valence-electron chi connectivity index (χ0n) is 8.17. The lowest BCUT2D eigenvalue weighted by molar-refractivity contribution is 0.172. The van der Waals surface area contributed by atoms with Crippen LogP contribution in [0.3, 0.4) is 0 Å². The minimum atomic E-state index is -0.628. The summed E-state index contributed by atoms with van der Waals surface area (Å²) in [7, 11) is 0. The number of aliphatic hydroxyl groups excluding tert-OH is 1. The molecular formula is C9H14N4O2. The van der Waals surface area contributed by atoms with Crippen LogP contribution >= 0.6 is 0 Å². The monoisotopic (exact) mass is 210 g/mol. The molecule has 6 nitrogen and oxygen atoms in total. The predicted molar refractivity (Wildman–Crippen MR) is 56.3 cm³/mol. The number of hydrogen-bond acceptors (Lipinski definition) is 6. The predicted octanol–water partition coefficient (Wildman–Crippen LogP) is -0.559. The maximum atomic E-state index is 9.51. The highest BCUT2D eigenvalue weighted by atomic mass is 16.6. The number of anilines is 2. The fourth-order valence-electron chi connectivity index (χ4n) is 1.52. The first kappa shape index (κ1) is 10.2. The van der Waals surface area contributed by atoms with Gasteiger partial charge in [0.15, 0.2) is 0 Å². The largest absolute Gasteiger partial charge is 0.390 e. The molecule has 1 atom stereocenters. The van der Waals surface area contributed by atoms with Crippen LogP contribution in [0.4, 0.5) is 11.4 Å². The Morgan fingerprint density at radius 3 is 2.67 bits per heavy atom. The van der Waals surface area contributed by atoms with Crippen molar-refractivity contribution < 1.29 is 10.3 Å². The summed E-state index contributed by atoms with van der Waals surface area (Å²) in [6.45, 7) is 0.510. The Morgan fingerprint density at radius 2 is 2.00 bits per heavy atom. The second kappa shape index (κ2) is 4.03. The van der Waals surface area contributed by atoms with E-state index in [9.17, 15) is 10.3 Å². The van der Waals surface area contributed by atoms with Gasteiger partial charge in [0.25, 0.3) is 0 Å². The molecule has 82 valence electrons. The number of rotatable bonds is 3. The lowest BCUT2D eigenvalue weighted by Gasteiger charge is -2.21. The van der Waals surface area contributed by atoms with Crippen molar-refractivity contribution in [2.45, 2.75) is 6.10 Å². The van der Waals surface area contributed by atoms with E-state index < -0.39 is 6.10 Å². The number of nitrogens with one attached hydrogen (secondary N) is 1. The summed E-state index contributed by atoms with van der Waals surface area (Å²) in [5, 5.41) is 21.5. The number of aliphatic hydroxyl groups is 1. The van der Waals surface area contributed by atoms with Crippen LogP contribution < -0.4 is 21.4 Å². The summed E-state index contributed by atoms with van der Waals surface area (Å²) in [5.74, 6) is 0. The van der Waals surface area contributed by atoms with Crippen LogP contribution in [-0.2, 0) is 0 Å². The number of hydrogen-bond donors (Lipinski definition) is 4. The molecule has 0 bridgehead atoms. The van der Waals surface area contributed by atoms with Gasteiger partial charge in [0.05, 0.1) is 18.3 Å². The van der Waals surface area contributed by atoms with Crippen LogP contribution in [0.1, 0.15) is 0 Å². The van der Waals surface area contributed by atoms with Crippen molar-refractivity contribution in [3.63, 3.8) is 0 Å². The highest BCUT2D eigenvalue weighted by Crippen LogP contribution is 2.31. The molecule has 0 radical (unpaired) electrons. The molecule has 1 unspecified atom stereocenters. The Bertz CT molecular complexity index is 347. The molecule has 1 aromatic rings. The Hall–Kier alpha value is -1.34. The van der Waals surface area contributed by atoms with Gasteiger partial charge in [-0.15, -0.1) is 5.53 Å². The maximum Gasteiger partial charge on any atom is 0.109 e. The molecule has 0 fully saturated rings. The summed E-state index contributed by atoms with van der Waals surface area (Å²) >= 11 is 0. The molecule has 1 aromatic carbocycles. The van der Waals surface area contributed by atoms with Gasteiger partial charge in [-0.25, -0.2) is 0 Å². The standard InChI is InChI=1S/C9H14N4O2/c10-5-7(14)6-12-8-3-1-2-4-9(8)13(15)11-12/h1-4,7,11,14-15H,5-6,10H2. The molecule has 0 saturated heterocycles. The molecule has 0 amide bonds. The smallest absolute Gasteiger partial charge is 0.109 e. The minimum Gasteiger partial charge on any atom is -0.390 e. The first-order valence-electron chi connectivity index (χ1n) is 4.72. The van der Waals surface area contributed by atoms with Gasteiger partial charge >= 0.3 is 0 Å². The summed E-state index contributed by atoms with van der Waals surface area (Å²) in [4.78, 5) is 0. The van der Waals surface area contributed by atoms with Gasteiger partial charge in [0.2, 0.25) is 0 Å². The van der Waals surface area contributed by atoms with Gasteiger partial charge in [-0.05, 0) is 12.1 Å². The molecule has 0 aromatic heterocycles. The summed E-state index contributed by atoms with van der Waals surface area (Å²) in [6.07, 6.45) is -0.628. The van der Waals surface area contributed by atoms with Gasteiger partial charge in [0, 0.05) is 6.54 Å². The maximum absolute atomic E-state index is 9.51. The van der Waals surface area contributed by atoms with Crippen LogP contribution in [-0.4, -0.2) is 29.5 Å². The van der Waals surface area contributed by atoms with E-state index in [-0.39, 0.29) is 6.54 Å². The van der Waals surface area contributed by atoms with Crippen LogP contribution in [0.15, 0.2) is 24.3 Å². The highest BCUT2D eigenvalue weighted by molar-refractivity contribution is 5.72. The molecule has 5 N–H and O–H groups in total. The normalized spacial score (nSPS) is 16.7. The number of hydrazine groups is 2. The molecule has 6 heteroatoms. The third kappa shape index (κ3) is 1.88. The number of benzene rings is 1. The molecule has 2 rings (SSSR count). The zero-order chi connectivity index (χ0) is 10.8. The number of β-amino-alcohol motifs (C(OH)–C–C–N with tert-alkyl or cyclic N) is 1. The lowest BCUT2D eigenvalue weighted by Crippen LogP contribution is -2.47. The van der Waals surface area contributed by atoms with E-state index in [4.69, 9.17) is 5.73 Å². The number of fused-ring (bicyclic) bond motifs is 1. The molecule has 1 heterocycles. The van der Waals surface area contributed by atoms with E-state index >= 15 is 0 Å². The second-order valence-corrected chi connectivity index (χ2v) is 3.40. The zero-order valence-corrected chi connectivity index (χ0v) is 8.17. The van der Waals surface area contributed by atoms with E-state index in [0.717, 1.165) is 10.9 Å². The second-order valence-electron chi connectivity index (χ2n) is 3.40. The van der Waals surface area contributed by atoms with E-state index in [1.54, 1.807) is 11.1 Å². The number of para-hydroxylation sites is 2. The van der Waals surface area contributed by atoms with Gasteiger partial charge in [-0.3, -0.25) is 10.2 Å². The van der Waals surface area contributed by atoms with Gasteiger partial charge in [-0.2, -0.15) is 5.17 Å². The van der Waals surface area contributed by atoms with Crippen molar-refractivity contribution in [2.24, 2.45) is 5.73 Å². The van der Waals surface area contributed by atoms with Crippen LogP contribution in [0.5, 0.6) is 0 Å². The van der Waals surface area contributed by atoms with Crippen LogP contribution in [0.2, 0.25) is 0 Å². The molecule has 15 heavy (non-hydrogen) atoms. The highest BCUT2D eigenvalue weighted by Gasteiger charge is 2.25. The Kier molecular flexibility index (Phi) is 2.74. The summed E-state index contributed by atoms with van der Waals surface area (Å²) in [6, 6.07) is 7.31. The van der Waals surface area contributed by atoms with E-state index in [1.165, 1.54) is 0 Å². The summed E-state index contributed by atoms with van der Waals surface area (Å²) in [5.41, 5.74) is 9.48. The van der Waals surface area contributed by atoms with Crippen molar-refractivity contribution in [2.75, 3.05) is 23.3 Å². The molecule has 0 aliphatic carbocycles. The topological polar surface area (TPSA) is 85.0 Å². The molecular weight excluding hydrogens is 196 g/mol. The SMILES string of the molecule is NCC(O)CN1NN(O)c2ccccc21.